The monoisotopic (exact) mass is 404 g/mol. The Balaban J connectivity index is 1.76. The van der Waals surface area contributed by atoms with Crippen molar-refractivity contribution in [2.24, 2.45) is 0 Å². The first kappa shape index (κ1) is 20.6. The molecule has 0 amide bonds. The minimum atomic E-state index is -0.904. The van der Waals surface area contributed by atoms with Gasteiger partial charge in [-0.2, -0.15) is 0 Å². The van der Waals surface area contributed by atoms with Gasteiger partial charge < -0.3 is 14.6 Å². The number of ether oxygens (including phenoxy) is 2. The Morgan fingerprint density at radius 3 is 2.53 bits per heavy atom. The van der Waals surface area contributed by atoms with Crippen LogP contribution in [0, 0.1) is 0 Å². The molecule has 4 nitrogen and oxygen atoms in total. The van der Waals surface area contributed by atoms with Crippen LogP contribution < -0.4 is 0 Å². The molecule has 0 aliphatic heterocycles. The SMILES string of the molecule is COCCOC1c2ccccc2C(C)(C)CC1c1ccc2cc(C(=O)O)ccc2c1. The molecule has 4 heteroatoms. The molecule has 0 spiro atoms. The molecule has 0 aromatic heterocycles. The molecule has 0 saturated heterocycles. The number of aromatic carboxylic acids is 1. The number of benzene rings is 3. The molecule has 1 aliphatic carbocycles. The lowest BCUT2D eigenvalue weighted by Crippen LogP contribution is -2.33. The van der Waals surface area contributed by atoms with E-state index in [9.17, 15) is 9.90 Å². The number of carbonyl (C=O) groups is 1. The van der Waals surface area contributed by atoms with Crippen LogP contribution in [-0.2, 0) is 14.9 Å². The highest BCUT2D eigenvalue weighted by Gasteiger charge is 2.40. The van der Waals surface area contributed by atoms with Crippen LogP contribution in [0.4, 0.5) is 0 Å². The van der Waals surface area contributed by atoms with Crippen LogP contribution in [0.15, 0.2) is 60.7 Å². The molecule has 0 heterocycles. The van der Waals surface area contributed by atoms with E-state index in [2.05, 4.69) is 50.2 Å². The fourth-order valence-corrected chi connectivity index (χ4v) is 4.73. The summed E-state index contributed by atoms with van der Waals surface area (Å²) in [6.45, 7) is 5.70. The van der Waals surface area contributed by atoms with Gasteiger partial charge in [0.1, 0.15) is 0 Å². The van der Waals surface area contributed by atoms with Gasteiger partial charge in [-0.1, -0.05) is 62.4 Å². The predicted molar refractivity (Wildman–Crippen MR) is 118 cm³/mol. The predicted octanol–water partition coefficient (Wildman–Crippen LogP) is 5.71. The highest BCUT2D eigenvalue weighted by molar-refractivity contribution is 5.94. The maximum atomic E-state index is 11.3. The quantitative estimate of drug-likeness (QED) is 0.535. The normalized spacial score (nSPS) is 20.1. The van der Waals surface area contributed by atoms with Gasteiger partial charge in [-0.25, -0.2) is 4.79 Å². The van der Waals surface area contributed by atoms with E-state index in [1.165, 1.54) is 16.7 Å². The summed E-state index contributed by atoms with van der Waals surface area (Å²) in [5.74, 6) is -0.700. The second kappa shape index (κ2) is 8.21. The Kier molecular flexibility index (Phi) is 5.63. The summed E-state index contributed by atoms with van der Waals surface area (Å²) < 4.78 is 11.6. The van der Waals surface area contributed by atoms with Crippen molar-refractivity contribution in [3.05, 3.63) is 82.9 Å². The van der Waals surface area contributed by atoms with Gasteiger partial charge in [0.15, 0.2) is 0 Å². The largest absolute Gasteiger partial charge is 0.478 e. The summed E-state index contributed by atoms with van der Waals surface area (Å²) >= 11 is 0. The van der Waals surface area contributed by atoms with Crippen LogP contribution in [0.2, 0.25) is 0 Å². The fraction of sp³-hybridized carbons (Fsp3) is 0.346. The van der Waals surface area contributed by atoms with Gasteiger partial charge in [0.05, 0.1) is 24.9 Å². The third kappa shape index (κ3) is 3.85. The van der Waals surface area contributed by atoms with Crippen LogP contribution in [0.5, 0.6) is 0 Å². The lowest BCUT2D eigenvalue weighted by atomic mass is 9.65. The summed E-state index contributed by atoms with van der Waals surface area (Å²) in [6, 6.07) is 20.2. The zero-order valence-corrected chi connectivity index (χ0v) is 17.7. The number of carboxylic acid groups (broad SMARTS) is 1. The number of carboxylic acids is 1. The van der Waals surface area contributed by atoms with Crippen molar-refractivity contribution in [1.29, 1.82) is 0 Å². The third-order valence-electron chi connectivity index (χ3n) is 6.22. The molecule has 156 valence electrons. The lowest BCUT2D eigenvalue weighted by molar-refractivity contribution is -0.00906. The minimum Gasteiger partial charge on any atom is -0.478 e. The van der Waals surface area contributed by atoms with Crippen LogP contribution >= 0.6 is 0 Å². The molecular weight excluding hydrogens is 376 g/mol. The van der Waals surface area contributed by atoms with Crippen molar-refractivity contribution in [1.82, 2.24) is 0 Å². The Labute approximate surface area is 177 Å². The summed E-state index contributed by atoms with van der Waals surface area (Å²) in [5, 5.41) is 11.2. The molecule has 1 N–H and O–H groups in total. The van der Waals surface area contributed by atoms with E-state index in [0.717, 1.165) is 17.2 Å². The first-order valence-corrected chi connectivity index (χ1v) is 10.4. The van der Waals surface area contributed by atoms with Crippen molar-refractivity contribution >= 4 is 16.7 Å². The van der Waals surface area contributed by atoms with E-state index in [1.54, 1.807) is 19.2 Å². The van der Waals surface area contributed by atoms with Gasteiger partial charge in [-0.3, -0.25) is 0 Å². The molecule has 4 rings (SSSR count). The second-order valence-corrected chi connectivity index (χ2v) is 8.69. The highest BCUT2D eigenvalue weighted by atomic mass is 16.5. The van der Waals surface area contributed by atoms with Crippen LogP contribution in [0.3, 0.4) is 0 Å². The first-order chi connectivity index (χ1) is 14.4. The molecule has 2 unspecified atom stereocenters. The minimum absolute atomic E-state index is 0.0322. The average molecular weight is 405 g/mol. The number of hydrogen-bond donors (Lipinski definition) is 1. The Morgan fingerprint density at radius 1 is 1.03 bits per heavy atom. The Hall–Kier alpha value is -2.69. The molecule has 3 aromatic rings. The van der Waals surface area contributed by atoms with Crippen LogP contribution in [0.1, 0.15) is 59.3 Å². The van der Waals surface area contributed by atoms with Gasteiger partial charge >= 0.3 is 5.97 Å². The summed E-state index contributed by atoms with van der Waals surface area (Å²) in [5.41, 5.74) is 4.15. The van der Waals surface area contributed by atoms with Crippen molar-refractivity contribution in [3.63, 3.8) is 0 Å². The zero-order chi connectivity index (χ0) is 21.3. The highest BCUT2D eigenvalue weighted by Crippen LogP contribution is 2.50. The maximum Gasteiger partial charge on any atom is 0.335 e. The van der Waals surface area contributed by atoms with E-state index >= 15 is 0 Å². The van der Waals surface area contributed by atoms with E-state index in [-0.39, 0.29) is 17.4 Å². The van der Waals surface area contributed by atoms with Gasteiger partial charge in [0, 0.05) is 13.0 Å². The molecule has 0 saturated carbocycles. The average Bonchev–Trinajstić information content (AvgIpc) is 2.74. The number of rotatable bonds is 6. The molecule has 1 aliphatic rings. The zero-order valence-electron chi connectivity index (χ0n) is 17.7. The van der Waals surface area contributed by atoms with Crippen LogP contribution in [-0.4, -0.2) is 31.4 Å². The van der Waals surface area contributed by atoms with Crippen molar-refractivity contribution in [2.45, 2.75) is 37.7 Å². The Bertz CT molecular complexity index is 1070. The maximum absolute atomic E-state index is 11.3. The molecule has 0 bridgehead atoms. The second-order valence-electron chi connectivity index (χ2n) is 8.69. The van der Waals surface area contributed by atoms with E-state index in [0.29, 0.717) is 18.8 Å². The lowest BCUT2D eigenvalue weighted by Gasteiger charge is -2.42. The topological polar surface area (TPSA) is 55.8 Å². The molecule has 0 fully saturated rings. The summed E-state index contributed by atoms with van der Waals surface area (Å²) in [4.78, 5) is 11.3. The van der Waals surface area contributed by atoms with E-state index < -0.39 is 5.97 Å². The summed E-state index contributed by atoms with van der Waals surface area (Å²) in [7, 11) is 1.69. The van der Waals surface area contributed by atoms with Crippen molar-refractivity contribution in [3.8, 4) is 0 Å². The van der Waals surface area contributed by atoms with Crippen molar-refractivity contribution in [2.75, 3.05) is 20.3 Å². The van der Waals surface area contributed by atoms with Gasteiger partial charge in [0.25, 0.3) is 0 Å². The number of fused-ring (bicyclic) bond motifs is 2. The van der Waals surface area contributed by atoms with E-state index in [1.807, 2.05) is 12.1 Å². The van der Waals surface area contributed by atoms with Crippen LogP contribution in [0.25, 0.3) is 10.8 Å². The smallest absolute Gasteiger partial charge is 0.335 e. The molecule has 30 heavy (non-hydrogen) atoms. The third-order valence-corrected chi connectivity index (χ3v) is 6.22. The van der Waals surface area contributed by atoms with E-state index in [4.69, 9.17) is 9.47 Å². The van der Waals surface area contributed by atoms with Crippen molar-refractivity contribution < 1.29 is 19.4 Å². The molecule has 2 atom stereocenters. The molecule has 0 radical (unpaired) electrons. The van der Waals surface area contributed by atoms with Gasteiger partial charge in [-0.05, 0) is 51.4 Å². The first-order valence-electron chi connectivity index (χ1n) is 10.4. The Morgan fingerprint density at radius 2 is 1.77 bits per heavy atom. The molecular formula is C26H28O4. The standard InChI is InChI=1S/C26H28O4/c1-26(2)16-22(24(30-13-12-29-3)21-6-4-5-7-23(21)26)19-10-8-18-15-20(25(27)28)11-9-17(18)14-19/h4-11,14-15,22,24H,12-13,16H2,1-3H3,(H,27,28). The fourth-order valence-electron chi connectivity index (χ4n) is 4.73. The van der Waals surface area contributed by atoms with Gasteiger partial charge in [0.2, 0.25) is 0 Å². The number of methoxy groups -OCH3 is 1. The summed E-state index contributed by atoms with van der Waals surface area (Å²) in [6.07, 6.45) is 0.931. The molecule has 3 aromatic carbocycles. The number of hydrogen-bond acceptors (Lipinski definition) is 3. The van der Waals surface area contributed by atoms with Gasteiger partial charge in [-0.15, -0.1) is 0 Å².